The van der Waals surface area contributed by atoms with Gasteiger partial charge in [-0.25, -0.2) is 0 Å². The zero-order valence-electron chi connectivity index (χ0n) is 18.0. The first kappa shape index (κ1) is 18.3. The lowest BCUT2D eigenvalue weighted by Crippen LogP contribution is -2.86. The zero-order valence-corrected chi connectivity index (χ0v) is 18.0. The molecule has 6 rings (SSSR count). The quantitative estimate of drug-likeness (QED) is 0.736. The number of hydrogen-bond acceptors (Lipinski definition) is 5. The average Bonchev–Trinajstić information content (AvgIpc) is 2.98. The molecule has 4 aliphatic carbocycles. The van der Waals surface area contributed by atoms with Gasteiger partial charge in [-0.05, 0) is 58.7 Å². The summed E-state index contributed by atoms with van der Waals surface area (Å²) in [6, 6.07) is 0. The molecule has 2 heterocycles. The maximum absolute atomic E-state index is 11.8. The Morgan fingerprint density at radius 2 is 1.96 bits per heavy atom. The van der Waals surface area contributed by atoms with Gasteiger partial charge in [0, 0.05) is 28.7 Å². The summed E-state index contributed by atoms with van der Waals surface area (Å²) >= 11 is 0. The molecule has 0 aromatic rings. The third kappa shape index (κ3) is 1.68. The Balaban J connectivity index is 1.54. The van der Waals surface area contributed by atoms with Gasteiger partial charge in [0.05, 0.1) is 24.4 Å². The minimum Gasteiger partial charge on any atom is -0.389 e. The Morgan fingerprint density at radius 3 is 2.64 bits per heavy atom. The fourth-order valence-corrected chi connectivity index (χ4v) is 8.86. The van der Waals surface area contributed by atoms with Gasteiger partial charge in [-0.3, -0.25) is 0 Å². The number of nitrogens with zero attached hydrogens (tertiary/aromatic N) is 1. The van der Waals surface area contributed by atoms with Crippen LogP contribution in [0.5, 0.6) is 0 Å². The van der Waals surface area contributed by atoms with E-state index in [0.717, 1.165) is 45.3 Å². The summed E-state index contributed by atoms with van der Waals surface area (Å²) in [6.45, 7) is 8.71. The highest BCUT2D eigenvalue weighted by Crippen LogP contribution is 2.85. The normalized spacial score (nSPS) is 59.0. The lowest BCUT2D eigenvalue weighted by molar-refractivity contribution is -0.394. The monoisotopic (exact) mass is 389 g/mol. The van der Waals surface area contributed by atoms with Crippen molar-refractivity contribution < 1.29 is 19.3 Å². The Morgan fingerprint density at radius 1 is 1.18 bits per heavy atom. The molecule has 5 nitrogen and oxygen atoms in total. The van der Waals surface area contributed by atoms with Crippen LogP contribution in [0.25, 0.3) is 0 Å². The molecule has 0 aromatic carbocycles. The Labute approximate surface area is 168 Å². The molecule has 28 heavy (non-hydrogen) atoms. The Bertz CT molecular complexity index is 766. The number of hydrogen-bond donors (Lipinski definition) is 1. The second kappa shape index (κ2) is 5.23. The third-order valence-electron chi connectivity index (χ3n) is 10.1. The van der Waals surface area contributed by atoms with Gasteiger partial charge in [0.1, 0.15) is 6.10 Å². The fourth-order valence-electron chi connectivity index (χ4n) is 8.86. The molecule has 2 aliphatic heterocycles. The lowest BCUT2D eigenvalue weighted by atomic mass is 9.23. The second-order valence-electron chi connectivity index (χ2n) is 11.2. The van der Waals surface area contributed by atoms with Crippen LogP contribution in [0.1, 0.15) is 52.9 Å². The smallest absolute Gasteiger partial charge is 0.171 e. The van der Waals surface area contributed by atoms with Gasteiger partial charge in [-0.2, -0.15) is 0 Å². The molecule has 1 spiro atoms. The minimum atomic E-state index is -0.603. The Hall–Kier alpha value is -0.460. The Kier molecular flexibility index (Phi) is 3.42. The van der Waals surface area contributed by atoms with Crippen molar-refractivity contribution >= 4 is 0 Å². The van der Waals surface area contributed by atoms with E-state index in [1.165, 1.54) is 11.1 Å². The van der Waals surface area contributed by atoms with Crippen LogP contribution in [-0.2, 0) is 14.2 Å². The molecule has 0 radical (unpaired) electrons. The maximum atomic E-state index is 11.8. The molecule has 0 amide bonds. The third-order valence-corrected chi connectivity index (χ3v) is 10.1. The summed E-state index contributed by atoms with van der Waals surface area (Å²) in [7, 11) is 4.15. The number of ether oxygens (including phenoxy) is 3. The van der Waals surface area contributed by atoms with Crippen LogP contribution in [0.4, 0.5) is 0 Å². The van der Waals surface area contributed by atoms with Crippen molar-refractivity contribution in [1.29, 1.82) is 0 Å². The van der Waals surface area contributed by atoms with Crippen LogP contribution in [0, 0.1) is 22.2 Å². The molecule has 5 heteroatoms. The fraction of sp³-hybridized carbons (Fsp3) is 0.913. The molecular weight excluding hydrogens is 354 g/mol. The molecule has 156 valence electrons. The van der Waals surface area contributed by atoms with Gasteiger partial charge in [-0.1, -0.05) is 19.4 Å². The van der Waals surface area contributed by atoms with Gasteiger partial charge >= 0.3 is 0 Å². The van der Waals surface area contributed by atoms with E-state index < -0.39 is 5.60 Å². The zero-order chi connectivity index (χ0) is 19.7. The first-order valence-corrected chi connectivity index (χ1v) is 11.2. The highest BCUT2D eigenvalue weighted by atomic mass is 16.7. The molecule has 6 aliphatic rings. The molecule has 0 aromatic heterocycles. The van der Waals surface area contributed by atoms with E-state index in [9.17, 15) is 5.11 Å². The van der Waals surface area contributed by atoms with Crippen LogP contribution in [0.3, 0.4) is 0 Å². The largest absolute Gasteiger partial charge is 0.389 e. The van der Waals surface area contributed by atoms with Crippen LogP contribution in [-0.4, -0.2) is 67.5 Å². The average molecular weight is 390 g/mol. The summed E-state index contributed by atoms with van der Waals surface area (Å²) in [5.74, 6) is 0.537. The first-order valence-electron chi connectivity index (χ1n) is 11.2. The molecule has 5 fully saturated rings. The summed E-state index contributed by atoms with van der Waals surface area (Å²) in [5, 5.41) is 11.8. The topological polar surface area (TPSA) is 51.2 Å². The van der Waals surface area contributed by atoms with E-state index in [1.807, 2.05) is 0 Å². The molecule has 1 N–H and O–H groups in total. The predicted molar refractivity (Wildman–Crippen MR) is 105 cm³/mol. The van der Waals surface area contributed by atoms with Crippen molar-refractivity contribution in [3.05, 3.63) is 11.1 Å². The lowest BCUT2D eigenvalue weighted by Gasteiger charge is -2.83. The summed E-state index contributed by atoms with van der Waals surface area (Å²) in [5.41, 5.74) is 2.07. The molecule has 0 bridgehead atoms. The van der Waals surface area contributed by atoms with Gasteiger partial charge < -0.3 is 24.2 Å². The number of aliphatic hydroxyl groups is 1. The van der Waals surface area contributed by atoms with Crippen LogP contribution in [0.15, 0.2) is 11.1 Å². The predicted octanol–water partition coefficient (Wildman–Crippen LogP) is 2.72. The SMILES string of the molecule is CC1=C2C3OC(CN(C)C)OC3C3(C)CCC4OCC4C34CC(O)(CC1)C24C. The molecule has 9 unspecified atom stereocenters. The van der Waals surface area contributed by atoms with Crippen molar-refractivity contribution in [3.8, 4) is 0 Å². The standard InChI is InChI=1S/C23H35NO4/c1-13-6-9-22(25)12-23-14-11-26-15(14)7-8-20(23,2)19-18(17(13)21(22,23)3)27-16(28-19)10-24(4)5/h14-16,18-19,25H,6-12H2,1-5H3. The minimum absolute atomic E-state index is 0.0160. The number of likely N-dealkylation sites (N-methyl/N-ethyl adjacent to an activating group) is 1. The molecular formula is C23H35NO4. The van der Waals surface area contributed by atoms with Gasteiger partial charge in [0.2, 0.25) is 0 Å². The van der Waals surface area contributed by atoms with E-state index in [2.05, 4.69) is 39.8 Å². The number of rotatable bonds is 2. The second-order valence-corrected chi connectivity index (χ2v) is 11.2. The van der Waals surface area contributed by atoms with Crippen LogP contribution >= 0.6 is 0 Å². The van der Waals surface area contributed by atoms with Gasteiger partial charge in [0.25, 0.3) is 0 Å². The van der Waals surface area contributed by atoms with E-state index in [0.29, 0.717) is 12.0 Å². The van der Waals surface area contributed by atoms with Gasteiger partial charge in [0.15, 0.2) is 6.29 Å². The van der Waals surface area contributed by atoms with Gasteiger partial charge in [-0.15, -0.1) is 0 Å². The molecule has 3 saturated carbocycles. The van der Waals surface area contributed by atoms with Crippen molar-refractivity contribution in [2.45, 2.75) is 83.1 Å². The van der Waals surface area contributed by atoms with Crippen LogP contribution in [0.2, 0.25) is 0 Å². The summed E-state index contributed by atoms with van der Waals surface area (Å²) in [6.07, 6.45) is 5.22. The van der Waals surface area contributed by atoms with Crippen molar-refractivity contribution in [2.24, 2.45) is 22.2 Å². The van der Waals surface area contributed by atoms with E-state index in [-0.39, 0.29) is 34.7 Å². The van der Waals surface area contributed by atoms with E-state index in [1.54, 1.807) is 0 Å². The maximum Gasteiger partial charge on any atom is 0.171 e. The number of fused-ring (bicyclic) bond motifs is 4. The van der Waals surface area contributed by atoms with Crippen molar-refractivity contribution in [3.63, 3.8) is 0 Å². The number of allylic oxidation sites excluding steroid dienone is 1. The first-order chi connectivity index (χ1) is 13.2. The van der Waals surface area contributed by atoms with Crippen molar-refractivity contribution in [2.75, 3.05) is 27.2 Å². The van der Waals surface area contributed by atoms with E-state index >= 15 is 0 Å². The summed E-state index contributed by atoms with van der Waals surface area (Å²) in [4.78, 5) is 2.14. The highest BCUT2D eigenvalue weighted by molar-refractivity contribution is 5.49. The van der Waals surface area contributed by atoms with E-state index in [4.69, 9.17) is 14.2 Å². The molecule has 2 saturated heterocycles. The molecule has 9 atom stereocenters. The van der Waals surface area contributed by atoms with Crippen molar-refractivity contribution in [1.82, 2.24) is 4.90 Å². The summed E-state index contributed by atoms with van der Waals surface area (Å²) < 4.78 is 19.3. The highest BCUT2D eigenvalue weighted by Gasteiger charge is 2.87. The van der Waals surface area contributed by atoms with Crippen LogP contribution < -0.4 is 0 Å².